The Labute approximate surface area is 92.4 Å². The maximum atomic E-state index is 5.66. The van der Waals surface area contributed by atoms with E-state index in [2.05, 4.69) is 18.1 Å². The van der Waals surface area contributed by atoms with Crippen LogP contribution < -0.4 is 0 Å². The van der Waals surface area contributed by atoms with Gasteiger partial charge < -0.3 is 4.74 Å². The molecule has 3 nitrogen and oxygen atoms in total. The molecule has 86 valence electrons. The molecule has 1 fully saturated rings. The highest BCUT2D eigenvalue weighted by Gasteiger charge is 2.17. The molecule has 1 unspecified atom stereocenters. The van der Waals surface area contributed by atoms with E-state index in [1.807, 2.05) is 25.5 Å². The average molecular weight is 210 g/mol. The van der Waals surface area contributed by atoms with Gasteiger partial charge >= 0.3 is 0 Å². The van der Waals surface area contributed by atoms with E-state index in [-0.39, 0.29) is 6.23 Å². The molecule has 1 aromatic rings. The van der Waals surface area contributed by atoms with Crippen molar-refractivity contribution in [3.05, 3.63) is 17.5 Å². The Morgan fingerprint density at radius 1 is 1.33 bits per heavy atom. The van der Waals surface area contributed by atoms with Crippen molar-refractivity contribution in [2.75, 3.05) is 6.61 Å². The minimum atomic E-state index is 0.183. The number of ether oxygens (including phenoxy) is 1. The smallest absolute Gasteiger partial charge is 0.150 e. The summed E-state index contributed by atoms with van der Waals surface area (Å²) < 4.78 is 7.67. The van der Waals surface area contributed by atoms with Gasteiger partial charge in [0.2, 0.25) is 0 Å². The predicted octanol–water partition coefficient (Wildman–Crippen LogP) is 3.23. The van der Waals surface area contributed by atoms with Crippen molar-refractivity contribution < 1.29 is 4.74 Å². The Kier molecular flexibility index (Phi) is 4.82. The minimum Gasteiger partial charge on any atom is -0.357 e. The van der Waals surface area contributed by atoms with Gasteiger partial charge in [-0.15, -0.1) is 0 Å². The summed E-state index contributed by atoms with van der Waals surface area (Å²) in [5, 5.41) is 4.43. The Morgan fingerprint density at radius 2 is 2.07 bits per heavy atom. The second kappa shape index (κ2) is 5.91. The van der Waals surface area contributed by atoms with Gasteiger partial charge in [-0.1, -0.05) is 13.8 Å². The molecule has 0 aliphatic carbocycles. The van der Waals surface area contributed by atoms with Crippen molar-refractivity contribution in [2.24, 2.45) is 0 Å². The van der Waals surface area contributed by atoms with E-state index in [0.717, 1.165) is 18.7 Å². The molecule has 0 saturated carbocycles. The normalized spacial score (nSPS) is 20.7. The summed E-state index contributed by atoms with van der Waals surface area (Å²) >= 11 is 0. The zero-order valence-electron chi connectivity index (χ0n) is 10.3. The van der Waals surface area contributed by atoms with Crippen molar-refractivity contribution in [1.82, 2.24) is 9.78 Å². The van der Waals surface area contributed by atoms with Crippen molar-refractivity contribution in [3.63, 3.8) is 0 Å². The van der Waals surface area contributed by atoms with Crippen molar-refractivity contribution >= 4 is 0 Å². The van der Waals surface area contributed by atoms with Gasteiger partial charge in [0.1, 0.15) is 6.23 Å². The molecule has 1 aliphatic rings. The van der Waals surface area contributed by atoms with E-state index in [0.29, 0.717) is 0 Å². The molecule has 0 spiro atoms. The molecule has 2 rings (SSSR count). The summed E-state index contributed by atoms with van der Waals surface area (Å²) in [7, 11) is 0. The summed E-state index contributed by atoms with van der Waals surface area (Å²) in [5.41, 5.74) is 2.27. The lowest BCUT2D eigenvalue weighted by molar-refractivity contribution is -0.0407. The number of rotatable bonds is 1. The lowest BCUT2D eigenvalue weighted by Crippen LogP contribution is -2.20. The molecule has 1 atom stereocenters. The van der Waals surface area contributed by atoms with E-state index >= 15 is 0 Å². The quantitative estimate of drug-likeness (QED) is 0.711. The van der Waals surface area contributed by atoms with Crippen LogP contribution in [0.3, 0.4) is 0 Å². The van der Waals surface area contributed by atoms with Crippen molar-refractivity contribution in [1.29, 1.82) is 0 Å². The third kappa shape index (κ3) is 3.06. The van der Waals surface area contributed by atoms with E-state index in [9.17, 15) is 0 Å². The van der Waals surface area contributed by atoms with Gasteiger partial charge in [0.05, 0.1) is 5.69 Å². The van der Waals surface area contributed by atoms with Crippen LogP contribution in [0.15, 0.2) is 6.07 Å². The Morgan fingerprint density at radius 3 is 2.53 bits per heavy atom. The first-order valence-electron chi connectivity index (χ1n) is 5.92. The first kappa shape index (κ1) is 12.2. The van der Waals surface area contributed by atoms with Crippen LogP contribution in [0.2, 0.25) is 0 Å². The van der Waals surface area contributed by atoms with Gasteiger partial charge in [-0.2, -0.15) is 5.10 Å². The maximum Gasteiger partial charge on any atom is 0.150 e. The number of aryl methyl sites for hydroxylation is 2. The molecule has 1 aromatic heterocycles. The molecule has 1 saturated heterocycles. The second-order valence-electron chi connectivity index (χ2n) is 3.69. The van der Waals surface area contributed by atoms with Crippen LogP contribution in [0.5, 0.6) is 0 Å². The summed E-state index contributed by atoms with van der Waals surface area (Å²) in [5.74, 6) is 0. The van der Waals surface area contributed by atoms with Crippen LogP contribution >= 0.6 is 0 Å². The summed E-state index contributed by atoms with van der Waals surface area (Å²) in [4.78, 5) is 0. The monoisotopic (exact) mass is 210 g/mol. The molecule has 0 bridgehead atoms. The lowest BCUT2D eigenvalue weighted by atomic mass is 10.2. The summed E-state index contributed by atoms with van der Waals surface area (Å²) in [6.07, 6.45) is 3.73. The SMILES string of the molecule is CC.Cc1cc(C)n(C2CCCCO2)n1. The van der Waals surface area contributed by atoms with E-state index in [1.165, 1.54) is 18.5 Å². The van der Waals surface area contributed by atoms with Gasteiger partial charge in [0, 0.05) is 12.3 Å². The number of hydrogen-bond donors (Lipinski definition) is 0. The van der Waals surface area contributed by atoms with Crippen molar-refractivity contribution in [3.8, 4) is 0 Å². The Bertz CT molecular complexity index is 288. The van der Waals surface area contributed by atoms with Crippen LogP contribution in [-0.4, -0.2) is 16.4 Å². The number of nitrogens with zero attached hydrogens (tertiary/aromatic N) is 2. The molecule has 0 radical (unpaired) electrons. The van der Waals surface area contributed by atoms with Crippen LogP contribution in [-0.2, 0) is 4.74 Å². The van der Waals surface area contributed by atoms with E-state index in [1.54, 1.807) is 0 Å². The minimum absolute atomic E-state index is 0.183. The molecule has 15 heavy (non-hydrogen) atoms. The van der Waals surface area contributed by atoms with Crippen LogP contribution in [0.4, 0.5) is 0 Å². The third-order valence-electron chi connectivity index (χ3n) is 2.47. The average Bonchev–Trinajstić information content (AvgIpc) is 2.62. The molecule has 0 amide bonds. The standard InChI is InChI=1S/C10H16N2O.C2H6/c1-8-7-9(2)12(11-8)10-5-3-4-6-13-10;1-2/h7,10H,3-6H2,1-2H3;1-2H3. The van der Waals surface area contributed by atoms with Gasteiger partial charge in [-0.3, -0.25) is 0 Å². The fraction of sp³-hybridized carbons (Fsp3) is 0.750. The zero-order valence-corrected chi connectivity index (χ0v) is 10.3. The lowest BCUT2D eigenvalue weighted by Gasteiger charge is -2.23. The molecule has 0 N–H and O–H groups in total. The van der Waals surface area contributed by atoms with Gasteiger partial charge in [-0.05, 0) is 39.2 Å². The van der Waals surface area contributed by atoms with Gasteiger partial charge in [0.25, 0.3) is 0 Å². The first-order chi connectivity index (χ1) is 7.27. The summed E-state index contributed by atoms with van der Waals surface area (Å²) in [6.45, 7) is 8.98. The Hall–Kier alpha value is -0.830. The first-order valence-corrected chi connectivity index (χ1v) is 5.92. The van der Waals surface area contributed by atoms with E-state index < -0.39 is 0 Å². The van der Waals surface area contributed by atoms with Crippen molar-refractivity contribution in [2.45, 2.75) is 53.2 Å². The Balaban J connectivity index is 0.000000531. The highest BCUT2D eigenvalue weighted by Crippen LogP contribution is 2.23. The topological polar surface area (TPSA) is 27.1 Å². The highest BCUT2D eigenvalue weighted by molar-refractivity contribution is 5.07. The number of aromatic nitrogens is 2. The largest absolute Gasteiger partial charge is 0.357 e. The third-order valence-corrected chi connectivity index (χ3v) is 2.47. The maximum absolute atomic E-state index is 5.66. The van der Waals surface area contributed by atoms with Crippen LogP contribution in [0.1, 0.15) is 50.7 Å². The molecular formula is C12H22N2O. The summed E-state index contributed by atoms with van der Waals surface area (Å²) in [6, 6.07) is 2.10. The molecule has 1 aliphatic heterocycles. The van der Waals surface area contributed by atoms with Gasteiger partial charge in [-0.25, -0.2) is 4.68 Å². The number of hydrogen-bond acceptors (Lipinski definition) is 2. The fourth-order valence-electron chi connectivity index (χ4n) is 1.85. The fourth-order valence-corrected chi connectivity index (χ4v) is 1.85. The van der Waals surface area contributed by atoms with Crippen LogP contribution in [0, 0.1) is 13.8 Å². The molecule has 2 heterocycles. The molecule has 3 heteroatoms. The molecule has 0 aromatic carbocycles. The van der Waals surface area contributed by atoms with E-state index in [4.69, 9.17) is 4.74 Å². The zero-order chi connectivity index (χ0) is 11.3. The predicted molar refractivity (Wildman–Crippen MR) is 61.9 cm³/mol. The van der Waals surface area contributed by atoms with Gasteiger partial charge in [0.15, 0.2) is 0 Å². The second-order valence-corrected chi connectivity index (χ2v) is 3.69. The van der Waals surface area contributed by atoms with Crippen LogP contribution in [0.25, 0.3) is 0 Å². The molecular weight excluding hydrogens is 188 g/mol. The highest BCUT2D eigenvalue weighted by atomic mass is 16.5.